The van der Waals surface area contributed by atoms with Crippen LogP contribution in [0.4, 0.5) is 0 Å². The van der Waals surface area contributed by atoms with Crippen molar-refractivity contribution in [2.45, 2.75) is 96.3 Å². The number of carbonyl (C=O) groups excluding carboxylic acids is 2. The highest BCUT2D eigenvalue weighted by atomic mass is 16.1. The molecule has 0 radical (unpaired) electrons. The van der Waals surface area contributed by atoms with Crippen LogP contribution >= 0.6 is 0 Å². The average Bonchev–Trinajstić information content (AvgIpc) is 2.48. The second-order valence-corrected chi connectivity index (χ2v) is 7.00. The van der Waals surface area contributed by atoms with Gasteiger partial charge in [0.05, 0.1) is 0 Å². The van der Waals surface area contributed by atoms with E-state index in [1.165, 1.54) is 32.1 Å². The molecule has 0 aliphatic heterocycles. The van der Waals surface area contributed by atoms with Gasteiger partial charge in [0.1, 0.15) is 0 Å². The fourth-order valence-corrected chi connectivity index (χ4v) is 3.67. The highest BCUT2D eigenvalue weighted by Crippen LogP contribution is 2.38. The zero-order valence-corrected chi connectivity index (χ0v) is 14.1. The molecule has 1 rings (SSSR count). The lowest BCUT2D eigenvalue weighted by atomic mass is 9.73. The molecule has 0 bridgehead atoms. The Hall–Kier alpha value is -1.06. The fourth-order valence-electron chi connectivity index (χ4n) is 3.67. The first-order chi connectivity index (χ1) is 10.6. The van der Waals surface area contributed by atoms with E-state index in [0.29, 0.717) is 6.42 Å². The molecule has 0 aromatic heterocycles. The van der Waals surface area contributed by atoms with Gasteiger partial charge in [-0.1, -0.05) is 64.2 Å². The molecule has 0 aromatic rings. The van der Waals surface area contributed by atoms with E-state index in [-0.39, 0.29) is 17.2 Å². The minimum atomic E-state index is -0.277. The molecule has 128 valence electrons. The number of hydrogen-bond donors (Lipinski definition) is 2. The number of nitrogens with two attached hydrogens (primary N) is 2. The Morgan fingerprint density at radius 3 is 1.73 bits per heavy atom. The van der Waals surface area contributed by atoms with Crippen LogP contribution in [0.2, 0.25) is 0 Å². The summed E-state index contributed by atoms with van der Waals surface area (Å²) in [6.45, 7) is 0. The summed E-state index contributed by atoms with van der Waals surface area (Å²) in [5.41, 5.74) is 10.7. The monoisotopic (exact) mass is 310 g/mol. The first kappa shape index (κ1) is 19.0. The number of carbonyl (C=O) groups is 2. The van der Waals surface area contributed by atoms with E-state index in [9.17, 15) is 9.59 Å². The van der Waals surface area contributed by atoms with Crippen molar-refractivity contribution in [2.24, 2.45) is 16.9 Å². The Labute approximate surface area is 135 Å². The SMILES string of the molecule is NC(=O)CCCCCCC1(C(N)=O)CCCCCCCCC1. The van der Waals surface area contributed by atoms with E-state index in [2.05, 4.69) is 0 Å². The van der Waals surface area contributed by atoms with Gasteiger partial charge in [0, 0.05) is 11.8 Å². The lowest BCUT2D eigenvalue weighted by Gasteiger charge is -2.31. The van der Waals surface area contributed by atoms with Crippen LogP contribution in [-0.2, 0) is 9.59 Å². The van der Waals surface area contributed by atoms with E-state index >= 15 is 0 Å². The smallest absolute Gasteiger partial charge is 0.223 e. The largest absolute Gasteiger partial charge is 0.370 e. The van der Waals surface area contributed by atoms with Gasteiger partial charge in [-0.05, 0) is 25.7 Å². The Balaban J connectivity index is 2.41. The van der Waals surface area contributed by atoms with Gasteiger partial charge in [0.15, 0.2) is 0 Å². The topological polar surface area (TPSA) is 86.2 Å². The maximum Gasteiger partial charge on any atom is 0.223 e. The number of unbranched alkanes of at least 4 members (excludes halogenated alkanes) is 3. The standard InChI is InChI=1S/C18H34N2O2/c19-16(21)12-8-4-7-11-15-18(17(20)22)13-9-5-2-1-3-6-10-14-18/h1-15H2,(H2,19,21)(H2,20,22). The predicted octanol–water partition coefficient (Wildman–Crippen LogP) is 3.81. The summed E-state index contributed by atoms with van der Waals surface area (Å²) < 4.78 is 0. The van der Waals surface area contributed by atoms with Crippen LogP contribution < -0.4 is 11.5 Å². The minimum absolute atomic E-state index is 0.0924. The Morgan fingerprint density at radius 2 is 1.23 bits per heavy atom. The third-order valence-electron chi connectivity index (χ3n) is 5.16. The first-order valence-electron chi connectivity index (χ1n) is 9.15. The molecule has 1 aliphatic carbocycles. The molecule has 4 nitrogen and oxygen atoms in total. The molecule has 1 fully saturated rings. The van der Waals surface area contributed by atoms with Gasteiger partial charge >= 0.3 is 0 Å². The lowest BCUT2D eigenvalue weighted by molar-refractivity contribution is -0.129. The Kier molecular flexibility index (Phi) is 9.17. The van der Waals surface area contributed by atoms with Gasteiger partial charge in [0.2, 0.25) is 11.8 Å². The van der Waals surface area contributed by atoms with Gasteiger partial charge < -0.3 is 11.5 Å². The number of rotatable bonds is 8. The van der Waals surface area contributed by atoms with Gasteiger partial charge in [-0.15, -0.1) is 0 Å². The van der Waals surface area contributed by atoms with Crippen molar-refractivity contribution >= 4 is 11.8 Å². The van der Waals surface area contributed by atoms with Crippen molar-refractivity contribution in [2.75, 3.05) is 0 Å². The third-order valence-corrected chi connectivity index (χ3v) is 5.16. The third kappa shape index (κ3) is 7.28. The Morgan fingerprint density at radius 1 is 0.727 bits per heavy atom. The Bertz CT molecular complexity index is 332. The molecule has 0 saturated heterocycles. The summed E-state index contributed by atoms with van der Waals surface area (Å²) in [5, 5.41) is 0. The summed E-state index contributed by atoms with van der Waals surface area (Å²) in [6.07, 6.45) is 15.9. The molecule has 22 heavy (non-hydrogen) atoms. The maximum absolute atomic E-state index is 12.1. The van der Waals surface area contributed by atoms with Gasteiger partial charge in [-0.25, -0.2) is 0 Å². The summed E-state index contributed by atoms with van der Waals surface area (Å²) in [4.78, 5) is 22.8. The second kappa shape index (κ2) is 10.6. The number of hydrogen-bond acceptors (Lipinski definition) is 2. The maximum atomic E-state index is 12.1. The van der Waals surface area contributed by atoms with Crippen LogP contribution in [0.1, 0.15) is 96.3 Å². The summed E-state index contributed by atoms with van der Waals surface area (Å²) in [7, 11) is 0. The zero-order valence-electron chi connectivity index (χ0n) is 14.1. The molecule has 1 saturated carbocycles. The van der Waals surface area contributed by atoms with Crippen molar-refractivity contribution in [1.82, 2.24) is 0 Å². The average molecular weight is 310 g/mol. The van der Waals surface area contributed by atoms with Crippen LogP contribution in [0.3, 0.4) is 0 Å². The molecule has 4 heteroatoms. The molecule has 0 aromatic carbocycles. The van der Waals surface area contributed by atoms with Gasteiger partial charge in [-0.3, -0.25) is 9.59 Å². The van der Waals surface area contributed by atoms with E-state index in [1.54, 1.807) is 0 Å². The molecular weight excluding hydrogens is 276 g/mol. The highest BCUT2D eigenvalue weighted by Gasteiger charge is 2.34. The molecule has 0 unspecified atom stereocenters. The van der Waals surface area contributed by atoms with Crippen LogP contribution in [0.15, 0.2) is 0 Å². The number of amides is 2. The summed E-state index contributed by atoms with van der Waals surface area (Å²) in [6, 6.07) is 0. The normalized spacial score (nSPS) is 19.5. The molecule has 0 heterocycles. The molecule has 4 N–H and O–H groups in total. The molecule has 1 aliphatic rings. The lowest BCUT2D eigenvalue weighted by Crippen LogP contribution is -2.37. The highest BCUT2D eigenvalue weighted by molar-refractivity contribution is 5.80. The van der Waals surface area contributed by atoms with Crippen molar-refractivity contribution in [1.29, 1.82) is 0 Å². The van der Waals surface area contributed by atoms with Gasteiger partial charge in [-0.2, -0.15) is 0 Å². The van der Waals surface area contributed by atoms with Crippen molar-refractivity contribution in [3.63, 3.8) is 0 Å². The molecule has 0 spiro atoms. The van der Waals surface area contributed by atoms with Crippen molar-refractivity contribution < 1.29 is 9.59 Å². The summed E-state index contributed by atoms with van der Waals surface area (Å²) in [5.74, 6) is -0.314. The number of primary amides is 2. The van der Waals surface area contributed by atoms with E-state index in [0.717, 1.165) is 57.8 Å². The van der Waals surface area contributed by atoms with Crippen molar-refractivity contribution in [3.05, 3.63) is 0 Å². The first-order valence-corrected chi connectivity index (χ1v) is 9.15. The van der Waals surface area contributed by atoms with E-state index in [4.69, 9.17) is 11.5 Å². The predicted molar refractivity (Wildman–Crippen MR) is 90.1 cm³/mol. The zero-order chi connectivity index (χ0) is 16.3. The summed E-state index contributed by atoms with van der Waals surface area (Å²) >= 11 is 0. The van der Waals surface area contributed by atoms with E-state index in [1.807, 2.05) is 0 Å². The quantitative estimate of drug-likeness (QED) is 0.668. The molecule has 2 amide bonds. The molecule has 0 atom stereocenters. The van der Waals surface area contributed by atoms with Gasteiger partial charge in [0.25, 0.3) is 0 Å². The second-order valence-electron chi connectivity index (χ2n) is 7.00. The van der Waals surface area contributed by atoms with Crippen LogP contribution in [0.5, 0.6) is 0 Å². The van der Waals surface area contributed by atoms with Crippen molar-refractivity contribution in [3.8, 4) is 0 Å². The fraction of sp³-hybridized carbons (Fsp3) is 0.889. The molecular formula is C18H34N2O2. The van der Waals surface area contributed by atoms with Crippen LogP contribution in [-0.4, -0.2) is 11.8 Å². The van der Waals surface area contributed by atoms with E-state index < -0.39 is 0 Å². The van der Waals surface area contributed by atoms with Crippen LogP contribution in [0.25, 0.3) is 0 Å². The van der Waals surface area contributed by atoms with Crippen LogP contribution in [0, 0.1) is 5.41 Å². The minimum Gasteiger partial charge on any atom is -0.370 e.